The number of rotatable bonds is 5. The van der Waals surface area contributed by atoms with Crippen molar-refractivity contribution >= 4 is 46.1 Å². The van der Waals surface area contributed by atoms with Crippen LogP contribution < -0.4 is 5.32 Å². The minimum absolute atomic E-state index is 0.170. The van der Waals surface area contributed by atoms with Crippen LogP contribution in [0.1, 0.15) is 5.56 Å². The molecule has 0 saturated carbocycles. The number of alkyl halides is 4. The molecule has 176 valence electrons. The van der Waals surface area contributed by atoms with Gasteiger partial charge in [0.2, 0.25) is 0 Å². The van der Waals surface area contributed by atoms with Crippen LogP contribution in [-0.4, -0.2) is 88.1 Å². The summed E-state index contributed by atoms with van der Waals surface area (Å²) in [5, 5.41) is 6.70. The van der Waals surface area contributed by atoms with Crippen molar-refractivity contribution in [3.63, 3.8) is 0 Å². The van der Waals surface area contributed by atoms with Crippen molar-refractivity contribution < 1.29 is 26.9 Å². The van der Waals surface area contributed by atoms with Gasteiger partial charge in [-0.25, -0.2) is 13.5 Å². The van der Waals surface area contributed by atoms with Crippen LogP contribution in [0.4, 0.5) is 17.6 Å². The Labute approximate surface area is 196 Å². The van der Waals surface area contributed by atoms with Crippen LogP contribution in [0.5, 0.6) is 0 Å². The molecule has 2 aliphatic rings. The average molecular weight is 503 g/mol. The quantitative estimate of drug-likeness (QED) is 0.388. The molecule has 33 heavy (non-hydrogen) atoms. The van der Waals surface area contributed by atoms with E-state index >= 15 is 0 Å². The summed E-state index contributed by atoms with van der Waals surface area (Å²) < 4.78 is 57.0. The fourth-order valence-electron chi connectivity index (χ4n) is 3.78. The third-order valence-electron chi connectivity index (χ3n) is 5.59. The molecule has 2 aromatic rings. The van der Waals surface area contributed by atoms with Gasteiger partial charge in [0.15, 0.2) is 6.54 Å². The number of carbonyl (C=O) groups is 1. The van der Waals surface area contributed by atoms with Gasteiger partial charge >= 0.3 is 12.1 Å². The van der Waals surface area contributed by atoms with E-state index in [2.05, 4.69) is 16.1 Å². The summed E-state index contributed by atoms with van der Waals surface area (Å²) in [6.45, 7) is -0.979. The lowest BCUT2D eigenvalue weighted by Gasteiger charge is -2.41. The maximum absolute atomic E-state index is 13.4. The second-order valence-corrected chi connectivity index (χ2v) is 9.46. The Kier molecular flexibility index (Phi) is 6.86. The Bertz CT molecular complexity index is 1160. The van der Waals surface area contributed by atoms with Crippen LogP contribution in [0.2, 0.25) is 0 Å². The summed E-state index contributed by atoms with van der Waals surface area (Å²) in [5.41, 5.74) is 5.74. The van der Waals surface area contributed by atoms with E-state index in [9.17, 15) is 22.4 Å². The van der Waals surface area contributed by atoms with Crippen molar-refractivity contribution in [3.05, 3.63) is 46.3 Å². The summed E-state index contributed by atoms with van der Waals surface area (Å²) in [6.07, 6.45) is -2.37. The predicted octanol–water partition coefficient (Wildman–Crippen LogP) is 2.93. The molecule has 1 unspecified atom stereocenters. The number of amides is 1. The number of fused-ring (bicyclic) bond motifs is 1. The van der Waals surface area contributed by atoms with E-state index in [1.165, 1.54) is 0 Å². The van der Waals surface area contributed by atoms with E-state index in [0.29, 0.717) is 9.94 Å². The molecule has 1 fully saturated rings. The maximum atomic E-state index is 13.4. The predicted molar refractivity (Wildman–Crippen MR) is 119 cm³/mol. The molecular formula is C21H21ClF4N5OS+. The first-order chi connectivity index (χ1) is 15.6. The molecule has 1 atom stereocenters. The fourth-order valence-corrected chi connectivity index (χ4v) is 4.87. The summed E-state index contributed by atoms with van der Waals surface area (Å²) in [6, 6.07) is 3.68. The van der Waals surface area contributed by atoms with Crippen LogP contribution in [0.3, 0.4) is 0 Å². The van der Waals surface area contributed by atoms with Crippen molar-refractivity contribution in [3.8, 4) is 0 Å². The molecule has 1 amide bonds. The second-order valence-electron chi connectivity index (χ2n) is 7.88. The smallest absolute Gasteiger partial charge is 0.345 e. The molecule has 2 aliphatic heterocycles. The maximum Gasteiger partial charge on any atom is 0.405 e. The van der Waals surface area contributed by atoms with Gasteiger partial charge in [0.1, 0.15) is 23.6 Å². The van der Waals surface area contributed by atoms with Gasteiger partial charge in [-0.15, -0.1) is 0 Å². The Hall–Kier alpha value is -2.33. The van der Waals surface area contributed by atoms with Gasteiger partial charge < -0.3 is 5.32 Å². The van der Waals surface area contributed by atoms with Gasteiger partial charge in [-0.05, 0) is 12.1 Å². The molecule has 1 saturated heterocycles. The number of carbonyl (C=O) groups excluding carboxylic acids is 1. The molecule has 0 bridgehead atoms. The third kappa shape index (κ3) is 5.27. The van der Waals surface area contributed by atoms with Crippen molar-refractivity contribution in [1.29, 1.82) is 0 Å². The highest BCUT2D eigenvalue weighted by Crippen LogP contribution is 2.29. The fraction of sp³-hybridized carbons (Fsp3) is 0.429. The summed E-state index contributed by atoms with van der Waals surface area (Å²) in [4.78, 5) is 13.8. The van der Waals surface area contributed by atoms with E-state index in [0.717, 1.165) is 27.7 Å². The number of hydrogen-bond acceptors (Lipinski definition) is 4. The first-order valence-electron chi connectivity index (χ1n) is 10.1. The monoisotopic (exact) mass is 502 g/mol. The van der Waals surface area contributed by atoms with Gasteiger partial charge in [0.05, 0.1) is 23.0 Å². The molecule has 0 spiro atoms. The number of hydrogen-bond donors (Lipinski definition) is 1. The topological polar surface area (TPSA) is 52.7 Å². The van der Waals surface area contributed by atoms with E-state index < -0.39 is 30.8 Å². The molecule has 12 heteroatoms. The zero-order valence-corrected chi connectivity index (χ0v) is 19.1. The van der Waals surface area contributed by atoms with Crippen LogP contribution in [0, 0.1) is 0 Å². The number of likely N-dealkylation sites (tertiary alicyclic amines) is 1. The lowest BCUT2D eigenvalue weighted by molar-refractivity contribution is -0.482. The summed E-state index contributed by atoms with van der Waals surface area (Å²) >= 11 is 7.47. The number of pyridine rings is 1. The molecule has 2 aromatic heterocycles. The molecular weight excluding hydrogens is 482 g/mol. The van der Waals surface area contributed by atoms with E-state index in [-0.39, 0.29) is 31.1 Å². The molecule has 0 radical (unpaired) electrons. The number of aromatic nitrogens is 2. The van der Waals surface area contributed by atoms with Crippen LogP contribution in [0.15, 0.2) is 40.7 Å². The summed E-state index contributed by atoms with van der Waals surface area (Å²) in [7, 11) is 1.69. The van der Waals surface area contributed by atoms with Crippen molar-refractivity contribution in [1.82, 2.24) is 19.8 Å². The van der Waals surface area contributed by atoms with Crippen LogP contribution in [-0.2, 0) is 4.79 Å². The Morgan fingerprint density at radius 2 is 2.18 bits per heavy atom. The zero-order valence-electron chi connectivity index (χ0n) is 17.6. The first kappa shape index (κ1) is 23.8. The van der Waals surface area contributed by atoms with Gasteiger partial charge in [0.25, 0.3) is 5.71 Å². The van der Waals surface area contributed by atoms with E-state index in [1.54, 1.807) is 28.5 Å². The SMILES string of the molecule is C[N+]1=C(C(=O)NCC(N2CC(F)C2)C(F)(F)F)CSC(Cl)=C=C(c2cnn3ccccc23)C1. The summed E-state index contributed by atoms with van der Waals surface area (Å²) in [5.74, 6) is -0.453. The minimum Gasteiger partial charge on any atom is -0.345 e. The van der Waals surface area contributed by atoms with Crippen molar-refractivity contribution in [2.45, 2.75) is 18.4 Å². The Morgan fingerprint density at radius 3 is 2.88 bits per heavy atom. The van der Waals surface area contributed by atoms with Gasteiger partial charge in [-0.1, -0.05) is 35.2 Å². The van der Waals surface area contributed by atoms with Gasteiger partial charge in [-0.3, -0.25) is 9.69 Å². The lowest BCUT2D eigenvalue weighted by Crippen LogP contribution is -2.62. The Balaban J connectivity index is 1.54. The number of halogens is 5. The van der Waals surface area contributed by atoms with Crippen molar-refractivity contribution in [2.24, 2.45) is 0 Å². The largest absolute Gasteiger partial charge is 0.405 e. The van der Waals surface area contributed by atoms with Crippen LogP contribution >= 0.6 is 23.4 Å². The highest BCUT2D eigenvalue weighted by atomic mass is 35.5. The number of thioether (sulfide) groups is 1. The standard InChI is InChI=1S/C21H20ClF4N5OS/c1-29-9-13(15-7-28-31-5-3-2-4-16(15)31)6-19(22)33-12-17(29)20(32)27-8-18(21(24,25)26)30-10-14(23)11-30/h2-5,7,14,18H,8-12H2,1H3/p+1. The van der Waals surface area contributed by atoms with E-state index in [1.807, 2.05) is 18.2 Å². The minimum atomic E-state index is -4.58. The number of nitrogens with zero attached hydrogens (tertiary/aromatic N) is 4. The molecule has 1 N–H and O–H groups in total. The molecule has 0 aromatic carbocycles. The number of likely N-dealkylation sites (N-methyl/N-ethyl adjacent to an activating group) is 1. The molecule has 0 aliphatic carbocycles. The Morgan fingerprint density at radius 1 is 1.42 bits per heavy atom. The van der Waals surface area contributed by atoms with Gasteiger partial charge in [0, 0.05) is 31.4 Å². The lowest BCUT2D eigenvalue weighted by atomic mass is 10.1. The van der Waals surface area contributed by atoms with Crippen LogP contribution in [0.25, 0.3) is 11.1 Å². The normalized spacial score (nSPS) is 19.5. The second kappa shape index (κ2) is 9.50. The van der Waals surface area contributed by atoms with Gasteiger partial charge in [-0.2, -0.15) is 18.3 Å². The highest BCUT2D eigenvalue weighted by molar-refractivity contribution is 8.05. The average Bonchev–Trinajstić information content (AvgIpc) is 3.14. The number of nitrogens with one attached hydrogen (secondary N) is 1. The molecule has 6 nitrogen and oxygen atoms in total. The zero-order chi connectivity index (χ0) is 23.8. The third-order valence-corrected chi connectivity index (χ3v) is 6.79. The molecule has 4 heterocycles. The highest BCUT2D eigenvalue weighted by Gasteiger charge is 2.48. The van der Waals surface area contributed by atoms with Crippen molar-refractivity contribution in [2.75, 3.05) is 39.0 Å². The van der Waals surface area contributed by atoms with E-state index in [4.69, 9.17) is 11.6 Å². The first-order valence-corrected chi connectivity index (χ1v) is 11.5. The molecule has 4 rings (SSSR count).